The summed E-state index contributed by atoms with van der Waals surface area (Å²) < 4.78 is 103. The van der Waals surface area contributed by atoms with Gasteiger partial charge in [-0.25, -0.2) is 22.4 Å². The fourth-order valence-electron chi connectivity index (χ4n) is 5.31. The second-order valence-corrected chi connectivity index (χ2v) is 9.01. The van der Waals surface area contributed by atoms with Crippen molar-refractivity contribution in [3.05, 3.63) is 52.8 Å². The van der Waals surface area contributed by atoms with Gasteiger partial charge in [0, 0.05) is 12.8 Å². The zero-order valence-corrected chi connectivity index (χ0v) is 16.4. The molecule has 5 rings (SSSR count). The molecule has 0 N–H and O–H groups in total. The highest BCUT2D eigenvalue weighted by Crippen LogP contribution is 2.66. The van der Waals surface area contributed by atoms with Gasteiger partial charge in [0.2, 0.25) is 5.92 Å². The van der Waals surface area contributed by atoms with Crippen LogP contribution in [0.1, 0.15) is 65.1 Å². The van der Waals surface area contributed by atoms with Gasteiger partial charge in [-0.05, 0) is 30.4 Å². The van der Waals surface area contributed by atoms with E-state index < -0.39 is 59.2 Å². The van der Waals surface area contributed by atoms with Gasteiger partial charge in [-0.3, -0.25) is 4.68 Å². The molecular formula is C21H17F7N2O2. The second kappa shape index (κ2) is 6.48. The van der Waals surface area contributed by atoms with Crippen molar-refractivity contribution >= 4 is 5.97 Å². The monoisotopic (exact) mass is 462 g/mol. The molecule has 32 heavy (non-hydrogen) atoms. The fraction of sp³-hybridized carbons (Fsp3) is 0.524. The lowest BCUT2D eigenvalue weighted by atomic mass is 9.52. The van der Waals surface area contributed by atoms with Gasteiger partial charge in [-0.2, -0.15) is 18.3 Å². The largest absolute Gasteiger partial charge is 0.447 e. The van der Waals surface area contributed by atoms with Gasteiger partial charge >= 0.3 is 12.1 Å². The van der Waals surface area contributed by atoms with Crippen LogP contribution in [0.4, 0.5) is 30.7 Å². The van der Waals surface area contributed by atoms with Crippen LogP contribution >= 0.6 is 0 Å². The van der Waals surface area contributed by atoms with Crippen LogP contribution in [0.25, 0.3) is 0 Å². The molecule has 11 heteroatoms. The van der Waals surface area contributed by atoms with Gasteiger partial charge in [0.15, 0.2) is 11.8 Å². The summed E-state index contributed by atoms with van der Waals surface area (Å²) in [4.78, 5) is 12.3. The number of ether oxygens (including phenoxy) is 1. The predicted molar refractivity (Wildman–Crippen MR) is 95.4 cm³/mol. The molecule has 1 aromatic carbocycles. The average molecular weight is 462 g/mol. The third kappa shape index (κ3) is 3.27. The van der Waals surface area contributed by atoms with Gasteiger partial charge in [-0.15, -0.1) is 0 Å². The summed E-state index contributed by atoms with van der Waals surface area (Å²) in [6, 6.07) is 6.41. The first-order valence-electron chi connectivity index (χ1n) is 10.0. The molecule has 0 amide bonds. The number of carbonyl (C=O) groups is 1. The van der Waals surface area contributed by atoms with Crippen molar-refractivity contribution in [2.24, 2.45) is 5.41 Å². The number of hydrogen-bond acceptors (Lipinski definition) is 3. The zero-order chi connectivity index (χ0) is 23.1. The van der Waals surface area contributed by atoms with Crippen LogP contribution in [0.15, 0.2) is 30.3 Å². The Morgan fingerprint density at radius 3 is 2.25 bits per heavy atom. The van der Waals surface area contributed by atoms with Gasteiger partial charge < -0.3 is 4.74 Å². The third-order valence-electron chi connectivity index (χ3n) is 6.55. The number of carbonyl (C=O) groups excluding carboxylic acids is 1. The SMILES string of the molecule is O=C(O[C@H]1c2c(C(F)(F)F)nn(C3CC4(C3)CC(F)(F)C4)c2CC1(F)F)c1ccccc1. The molecule has 3 aliphatic rings. The molecule has 4 nitrogen and oxygen atoms in total. The third-order valence-corrected chi connectivity index (χ3v) is 6.55. The Morgan fingerprint density at radius 1 is 1.06 bits per heavy atom. The van der Waals surface area contributed by atoms with Crippen molar-refractivity contribution in [1.29, 1.82) is 0 Å². The maximum absolute atomic E-state index is 14.8. The Labute approximate surface area is 177 Å². The molecule has 1 spiro atoms. The normalized spacial score (nSPS) is 25.2. The molecule has 1 heterocycles. The molecule has 1 atom stereocenters. The Bertz CT molecular complexity index is 1060. The Hall–Kier alpha value is -2.59. The van der Waals surface area contributed by atoms with E-state index in [1.54, 1.807) is 6.07 Å². The van der Waals surface area contributed by atoms with Gasteiger partial charge in [0.25, 0.3) is 5.92 Å². The van der Waals surface area contributed by atoms with E-state index in [9.17, 15) is 35.5 Å². The van der Waals surface area contributed by atoms with Crippen LogP contribution < -0.4 is 0 Å². The number of fused-ring (bicyclic) bond motifs is 1. The number of rotatable bonds is 3. The van der Waals surface area contributed by atoms with Crippen molar-refractivity contribution < 1.29 is 40.3 Å². The van der Waals surface area contributed by atoms with E-state index in [1.165, 1.54) is 24.3 Å². The quantitative estimate of drug-likeness (QED) is 0.432. The molecule has 0 saturated heterocycles. The summed E-state index contributed by atoms with van der Waals surface area (Å²) in [5.41, 5.74) is -3.50. The van der Waals surface area contributed by atoms with Crippen molar-refractivity contribution in [3.63, 3.8) is 0 Å². The van der Waals surface area contributed by atoms with Crippen LogP contribution in [0.2, 0.25) is 0 Å². The number of aromatic nitrogens is 2. The Morgan fingerprint density at radius 2 is 1.69 bits per heavy atom. The lowest BCUT2D eigenvalue weighted by molar-refractivity contribution is -0.204. The van der Waals surface area contributed by atoms with E-state index in [-0.39, 0.29) is 36.9 Å². The number of alkyl halides is 7. The van der Waals surface area contributed by atoms with E-state index in [0.717, 1.165) is 4.68 Å². The van der Waals surface area contributed by atoms with Gasteiger partial charge in [-0.1, -0.05) is 18.2 Å². The number of esters is 1. The maximum Gasteiger partial charge on any atom is 0.435 e. The first kappa shape index (κ1) is 21.3. The zero-order valence-electron chi connectivity index (χ0n) is 16.4. The molecule has 0 bridgehead atoms. The van der Waals surface area contributed by atoms with E-state index >= 15 is 0 Å². The molecular weight excluding hydrogens is 445 g/mol. The lowest BCUT2D eigenvalue weighted by Gasteiger charge is -2.57. The molecule has 172 valence electrons. The van der Waals surface area contributed by atoms with Crippen LogP contribution in [0, 0.1) is 5.41 Å². The minimum atomic E-state index is -5.06. The minimum Gasteiger partial charge on any atom is -0.447 e. The topological polar surface area (TPSA) is 44.1 Å². The number of benzene rings is 1. The number of nitrogens with zero attached hydrogens (tertiary/aromatic N) is 2. The van der Waals surface area contributed by atoms with E-state index in [0.29, 0.717) is 0 Å². The van der Waals surface area contributed by atoms with Crippen molar-refractivity contribution in [2.45, 2.75) is 62.3 Å². The molecule has 2 fully saturated rings. The summed E-state index contributed by atoms with van der Waals surface area (Å²) in [5.74, 6) is -7.74. The molecule has 2 saturated carbocycles. The Balaban J connectivity index is 1.48. The first-order chi connectivity index (χ1) is 14.8. The van der Waals surface area contributed by atoms with E-state index in [2.05, 4.69) is 5.10 Å². The standard InChI is InChI=1S/C21H17F7N2O2/c22-19(23)9-18(10-19)6-12(7-18)30-13-8-20(24,25)16(14(13)15(29-30)21(26,27)28)32-17(31)11-4-2-1-3-5-11/h1-5,12,16H,6-10H2/t16-/m0/s1. The summed E-state index contributed by atoms with van der Waals surface area (Å²) in [6.07, 6.45) is -9.02. The number of halogens is 7. The molecule has 0 radical (unpaired) electrons. The van der Waals surface area contributed by atoms with E-state index in [4.69, 9.17) is 4.74 Å². The average Bonchev–Trinajstić information content (AvgIpc) is 3.11. The summed E-state index contributed by atoms with van der Waals surface area (Å²) in [7, 11) is 0. The summed E-state index contributed by atoms with van der Waals surface area (Å²) in [5, 5.41) is 3.56. The lowest BCUT2D eigenvalue weighted by Crippen LogP contribution is -2.54. The number of hydrogen-bond donors (Lipinski definition) is 0. The molecule has 2 aromatic rings. The van der Waals surface area contributed by atoms with Gasteiger partial charge in [0.1, 0.15) is 0 Å². The highest BCUT2D eigenvalue weighted by atomic mass is 19.4. The first-order valence-corrected chi connectivity index (χ1v) is 10.0. The van der Waals surface area contributed by atoms with Crippen LogP contribution in [-0.2, 0) is 17.3 Å². The molecule has 0 unspecified atom stereocenters. The van der Waals surface area contributed by atoms with Crippen LogP contribution in [-0.4, -0.2) is 27.6 Å². The van der Waals surface area contributed by atoms with Crippen molar-refractivity contribution in [3.8, 4) is 0 Å². The summed E-state index contributed by atoms with van der Waals surface area (Å²) in [6.45, 7) is 0. The van der Waals surface area contributed by atoms with Crippen molar-refractivity contribution in [2.75, 3.05) is 0 Å². The van der Waals surface area contributed by atoms with Gasteiger partial charge in [0.05, 0.1) is 29.3 Å². The predicted octanol–water partition coefficient (Wildman–Crippen LogP) is 5.74. The van der Waals surface area contributed by atoms with Crippen LogP contribution in [0.5, 0.6) is 0 Å². The summed E-state index contributed by atoms with van der Waals surface area (Å²) >= 11 is 0. The molecule has 1 aromatic heterocycles. The highest BCUT2D eigenvalue weighted by Gasteiger charge is 2.64. The second-order valence-electron chi connectivity index (χ2n) is 9.01. The van der Waals surface area contributed by atoms with Crippen molar-refractivity contribution in [1.82, 2.24) is 9.78 Å². The Kier molecular flexibility index (Phi) is 4.30. The minimum absolute atomic E-state index is 0.0791. The smallest absolute Gasteiger partial charge is 0.435 e. The fourth-order valence-corrected chi connectivity index (χ4v) is 5.31. The molecule has 3 aliphatic carbocycles. The highest BCUT2D eigenvalue weighted by molar-refractivity contribution is 5.89. The van der Waals surface area contributed by atoms with Crippen LogP contribution in [0.3, 0.4) is 0 Å². The molecule has 0 aliphatic heterocycles. The van der Waals surface area contributed by atoms with E-state index in [1.807, 2.05) is 0 Å². The maximum atomic E-state index is 14.8.